The number of anilines is 1. The maximum Gasteiger partial charge on any atom is 0.433 e. The van der Waals surface area contributed by atoms with E-state index in [0.717, 1.165) is 10.9 Å². The third kappa shape index (κ3) is 6.47. The predicted octanol–water partition coefficient (Wildman–Crippen LogP) is 5.10. The molecule has 0 atom stereocenters. The molecule has 31 heavy (non-hydrogen) atoms. The summed E-state index contributed by atoms with van der Waals surface area (Å²) in [6, 6.07) is 5.93. The summed E-state index contributed by atoms with van der Waals surface area (Å²) in [4.78, 5) is 26.0. The zero-order valence-electron chi connectivity index (χ0n) is 18.4. The van der Waals surface area contributed by atoms with E-state index in [4.69, 9.17) is 4.74 Å². The summed E-state index contributed by atoms with van der Waals surface area (Å²) >= 11 is 0. The zero-order chi connectivity index (χ0) is 23.6. The number of halogens is 3. The molecule has 0 aliphatic heterocycles. The lowest BCUT2D eigenvalue weighted by atomic mass is 10.1. The second-order valence-electron chi connectivity index (χ2n) is 8.43. The molecule has 7 nitrogen and oxygen atoms in total. The summed E-state index contributed by atoms with van der Waals surface area (Å²) in [6.07, 6.45) is -4.33. The van der Waals surface area contributed by atoms with Gasteiger partial charge in [0.1, 0.15) is 5.60 Å². The molecule has 1 aromatic carbocycles. The number of ether oxygens (including phenoxy) is 1. The molecule has 1 N–H and O–H groups in total. The summed E-state index contributed by atoms with van der Waals surface area (Å²) in [6.45, 7) is 8.56. The Balaban J connectivity index is 2.19. The molecule has 0 unspecified atom stereocenters. The van der Waals surface area contributed by atoms with E-state index in [1.165, 1.54) is 4.90 Å². The van der Waals surface area contributed by atoms with Crippen LogP contribution in [0.5, 0.6) is 0 Å². The summed E-state index contributed by atoms with van der Waals surface area (Å²) in [7, 11) is 1.56. The number of hydrogen-bond donors (Lipinski definition) is 1. The number of rotatable bonds is 5. The fourth-order valence-electron chi connectivity index (χ4n) is 2.83. The number of alkyl halides is 3. The number of nitrogens with zero attached hydrogens (tertiary/aromatic N) is 3. The lowest BCUT2D eigenvalue weighted by Gasteiger charge is -2.24. The predicted molar refractivity (Wildman–Crippen MR) is 110 cm³/mol. The third-order valence-electron chi connectivity index (χ3n) is 4.11. The lowest BCUT2D eigenvalue weighted by molar-refractivity contribution is -0.145. The lowest BCUT2D eigenvalue weighted by Crippen LogP contribution is -2.33. The van der Waals surface area contributed by atoms with E-state index in [0.29, 0.717) is 11.3 Å². The second kappa shape index (κ2) is 8.99. The number of benzene rings is 1. The number of amides is 2. The highest BCUT2D eigenvalue weighted by Crippen LogP contribution is 2.34. The molecule has 2 amide bonds. The molecule has 0 fully saturated rings. The fraction of sp³-hybridized carbons (Fsp3) is 0.476. The molecule has 0 bridgehead atoms. The van der Waals surface area contributed by atoms with Crippen LogP contribution in [0.1, 0.15) is 62.3 Å². The van der Waals surface area contributed by atoms with Crippen LogP contribution in [-0.2, 0) is 17.5 Å². The van der Waals surface area contributed by atoms with Crippen molar-refractivity contribution in [3.8, 4) is 0 Å². The molecule has 0 aliphatic rings. The molecule has 170 valence electrons. The summed E-state index contributed by atoms with van der Waals surface area (Å²) < 4.78 is 46.6. The molecule has 0 aliphatic carbocycles. The Hall–Kier alpha value is -3.04. The first-order chi connectivity index (χ1) is 14.2. The van der Waals surface area contributed by atoms with E-state index in [1.54, 1.807) is 65.9 Å². The molecular formula is C21H27F3N4O3. The molecule has 1 aromatic heterocycles. The SMILES string of the molecule is CC(C)n1ncc(C(=O)Nc2cccc(CN(C)C(=O)OC(C)(C)C)c2)c1C(F)(F)F. The van der Waals surface area contributed by atoms with Crippen LogP contribution in [0.25, 0.3) is 0 Å². The topological polar surface area (TPSA) is 76.5 Å². The molecule has 0 spiro atoms. The van der Waals surface area contributed by atoms with Crippen LogP contribution in [0.2, 0.25) is 0 Å². The highest BCUT2D eigenvalue weighted by atomic mass is 19.4. The van der Waals surface area contributed by atoms with E-state index >= 15 is 0 Å². The maximum atomic E-state index is 13.5. The van der Waals surface area contributed by atoms with Gasteiger partial charge in [-0.25, -0.2) is 4.79 Å². The molecular weight excluding hydrogens is 413 g/mol. The third-order valence-corrected chi connectivity index (χ3v) is 4.11. The number of aromatic nitrogens is 2. The Morgan fingerprint density at radius 1 is 1.23 bits per heavy atom. The van der Waals surface area contributed by atoms with E-state index in [1.807, 2.05) is 0 Å². The Bertz CT molecular complexity index is 946. The van der Waals surface area contributed by atoms with Crippen LogP contribution < -0.4 is 5.32 Å². The van der Waals surface area contributed by atoms with Crippen molar-refractivity contribution in [2.24, 2.45) is 0 Å². The standard InChI is InChI=1S/C21H27F3N4O3/c1-13(2)28-17(21(22,23)24)16(11-25-28)18(29)26-15-9-7-8-14(10-15)12-27(6)19(30)31-20(3,4)5/h7-11,13H,12H2,1-6H3,(H,26,29). The molecule has 0 saturated heterocycles. The van der Waals surface area contributed by atoms with Gasteiger partial charge >= 0.3 is 12.3 Å². The minimum absolute atomic E-state index is 0.192. The van der Waals surface area contributed by atoms with E-state index in [2.05, 4.69) is 10.4 Å². The molecule has 1 heterocycles. The van der Waals surface area contributed by atoms with Crippen LogP contribution in [-0.4, -0.2) is 39.3 Å². The number of nitrogens with one attached hydrogen (secondary N) is 1. The van der Waals surface area contributed by atoms with Gasteiger partial charge in [0.25, 0.3) is 5.91 Å². The molecule has 0 radical (unpaired) electrons. The van der Waals surface area contributed by atoms with E-state index in [-0.39, 0.29) is 6.54 Å². The normalized spacial score (nSPS) is 12.1. The Kier molecular flexibility index (Phi) is 7.03. The summed E-state index contributed by atoms with van der Waals surface area (Å²) in [5, 5.41) is 6.21. The van der Waals surface area contributed by atoms with Gasteiger partial charge in [-0.05, 0) is 52.3 Å². The van der Waals surface area contributed by atoms with Gasteiger partial charge in [0, 0.05) is 25.3 Å². The average molecular weight is 440 g/mol. The van der Waals surface area contributed by atoms with Gasteiger partial charge in [0.15, 0.2) is 5.69 Å². The van der Waals surface area contributed by atoms with Gasteiger partial charge in [0.05, 0.1) is 11.8 Å². The van der Waals surface area contributed by atoms with Crippen molar-refractivity contribution < 1.29 is 27.5 Å². The van der Waals surface area contributed by atoms with Crippen molar-refractivity contribution in [3.63, 3.8) is 0 Å². The van der Waals surface area contributed by atoms with Crippen LogP contribution >= 0.6 is 0 Å². The highest BCUT2D eigenvalue weighted by Gasteiger charge is 2.40. The quantitative estimate of drug-likeness (QED) is 0.702. The summed E-state index contributed by atoms with van der Waals surface area (Å²) in [5.74, 6) is -0.920. The first kappa shape index (κ1) is 24.2. The van der Waals surface area contributed by atoms with Gasteiger partial charge in [-0.2, -0.15) is 18.3 Å². The second-order valence-corrected chi connectivity index (χ2v) is 8.43. The van der Waals surface area contributed by atoms with Gasteiger partial charge in [-0.15, -0.1) is 0 Å². The van der Waals surface area contributed by atoms with Gasteiger partial charge < -0.3 is 15.0 Å². The molecule has 2 rings (SSSR count). The van der Waals surface area contributed by atoms with Gasteiger partial charge in [-0.1, -0.05) is 12.1 Å². The number of carbonyl (C=O) groups excluding carboxylic acids is 2. The maximum absolute atomic E-state index is 13.5. The molecule has 0 saturated carbocycles. The zero-order valence-corrected chi connectivity index (χ0v) is 18.4. The Labute approximate surface area is 179 Å². The van der Waals surface area contributed by atoms with Crippen LogP contribution in [0, 0.1) is 0 Å². The van der Waals surface area contributed by atoms with Gasteiger partial charge in [0.2, 0.25) is 0 Å². The smallest absolute Gasteiger partial charge is 0.433 e. The largest absolute Gasteiger partial charge is 0.444 e. The summed E-state index contributed by atoms with van der Waals surface area (Å²) in [5.41, 5.74) is -1.33. The molecule has 2 aromatic rings. The average Bonchev–Trinajstić information content (AvgIpc) is 3.06. The van der Waals surface area contributed by atoms with E-state index < -0.39 is 41.1 Å². The van der Waals surface area contributed by atoms with Crippen molar-refractivity contribution in [2.45, 2.75) is 59.0 Å². The van der Waals surface area contributed by atoms with Crippen molar-refractivity contribution in [1.82, 2.24) is 14.7 Å². The minimum atomic E-state index is -4.73. The van der Waals surface area contributed by atoms with Crippen LogP contribution in [0.15, 0.2) is 30.5 Å². The van der Waals surface area contributed by atoms with Crippen molar-refractivity contribution in [1.29, 1.82) is 0 Å². The Morgan fingerprint density at radius 3 is 2.42 bits per heavy atom. The van der Waals surface area contributed by atoms with E-state index in [9.17, 15) is 22.8 Å². The first-order valence-electron chi connectivity index (χ1n) is 9.68. The Morgan fingerprint density at radius 2 is 1.87 bits per heavy atom. The monoisotopic (exact) mass is 440 g/mol. The number of carbonyl (C=O) groups is 2. The minimum Gasteiger partial charge on any atom is -0.444 e. The van der Waals surface area contributed by atoms with Crippen molar-refractivity contribution >= 4 is 17.7 Å². The highest BCUT2D eigenvalue weighted by molar-refractivity contribution is 6.05. The molecule has 10 heteroatoms. The fourth-order valence-corrected chi connectivity index (χ4v) is 2.83. The van der Waals surface area contributed by atoms with Crippen molar-refractivity contribution in [2.75, 3.05) is 12.4 Å². The first-order valence-corrected chi connectivity index (χ1v) is 9.68. The van der Waals surface area contributed by atoms with Crippen LogP contribution in [0.3, 0.4) is 0 Å². The van der Waals surface area contributed by atoms with Crippen molar-refractivity contribution in [3.05, 3.63) is 47.3 Å². The van der Waals surface area contributed by atoms with Crippen LogP contribution in [0.4, 0.5) is 23.7 Å². The van der Waals surface area contributed by atoms with Gasteiger partial charge in [-0.3, -0.25) is 9.48 Å². The number of hydrogen-bond acceptors (Lipinski definition) is 4.